The largest absolute Gasteiger partial charge is 0.417 e. The molecule has 10 heteroatoms. The number of aromatic nitrogens is 3. The van der Waals surface area contributed by atoms with E-state index in [-0.39, 0.29) is 17.5 Å². The number of nitrogens with zero attached hydrogens (tertiary/aromatic N) is 2. The van der Waals surface area contributed by atoms with Gasteiger partial charge in [-0.3, -0.25) is 19.3 Å². The van der Waals surface area contributed by atoms with E-state index in [4.69, 9.17) is 11.6 Å². The highest BCUT2D eigenvalue weighted by atomic mass is 35.5. The second-order valence-corrected chi connectivity index (χ2v) is 7.13. The van der Waals surface area contributed by atoms with Crippen molar-refractivity contribution in [2.24, 2.45) is 0 Å². The molecule has 0 bridgehead atoms. The number of alkyl halides is 3. The quantitative estimate of drug-likeness (QED) is 0.482. The van der Waals surface area contributed by atoms with Gasteiger partial charge in [-0.25, -0.2) is 0 Å². The van der Waals surface area contributed by atoms with Crippen LogP contribution >= 0.6 is 11.6 Å². The number of fused-ring (bicyclic) bond motifs is 1. The second kappa shape index (κ2) is 7.92. The van der Waals surface area contributed by atoms with Crippen LogP contribution in [0.3, 0.4) is 0 Å². The van der Waals surface area contributed by atoms with Crippen molar-refractivity contribution in [3.8, 4) is 5.82 Å². The lowest BCUT2D eigenvalue weighted by Crippen LogP contribution is -2.19. The molecule has 1 amide bonds. The molecule has 6 nitrogen and oxygen atoms in total. The first-order chi connectivity index (χ1) is 14.7. The lowest BCUT2D eigenvalue weighted by molar-refractivity contribution is -0.137. The molecule has 2 aromatic carbocycles. The fraction of sp³-hybridized carbons (Fsp3) is 0.0952. The Morgan fingerprint density at radius 1 is 1.13 bits per heavy atom. The minimum atomic E-state index is -4.62. The highest BCUT2D eigenvalue weighted by Crippen LogP contribution is 2.35. The van der Waals surface area contributed by atoms with Crippen molar-refractivity contribution in [1.29, 1.82) is 0 Å². The molecule has 2 N–H and O–H groups in total. The molecular weight excluding hydrogens is 433 g/mol. The molecule has 0 aliphatic rings. The first-order valence-electron chi connectivity index (χ1n) is 9.04. The van der Waals surface area contributed by atoms with E-state index in [0.717, 1.165) is 12.1 Å². The average Bonchev–Trinajstić information content (AvgIpc) is 3.24. The number of hydrogen-bond acceptors (Lipinski definition) is 3. The van der Waals surface area contributed by atoms with Crippen molar-refractivity contribution in [3.05, 3.63) is 87.4 Å². The lowest BCUT2D eigenvalue weighted by Gasteiger charge is -2.12. The molecule has 4 rings (SSSR count). The number of amides is 1. The minimum absolute atomic E-state index is 0.162. The first-order valence-corrected chi connectivity index (χ1v) is 9.42. The van der Waals surface area contributed by atoms with Crippen molar-refractivity contribution in [3.63, 3.8) is 0 Å². The van der Waals surface area contributed by atoms with E-state index in [9.17, 15) is 22.8 Å². The van der Waals surface area contributed by atoms with Crippen molar-refractivity contribution < 1.29 is 18.0 Å². The Morgan fingerprint density at radius 3 is 2.65 bits per heavy atom. The van der Waals surface area contributed by atoms with Gasteiger partial charge in [0.1, 0.15) is 0 Å². The Balaban J connectivity index is 1.61. The van der Waals surface area contributed by atoms with Gasteiger partial charge in [0.2, 0.25) is 5.91 Å². The molecule has 0 saturated carbocycles. The van der Waals surface area contributed by atoms with E-state index in [1.54, 1.807) is 36.5 Å². The molecule has 0 aliphatic carbocycles. The third kappa shape index (κ3) is 4.17. The van der Waals surface area contributed by atoms with Crippen LogP contribution in [0.5, 0.6) is 0 Å². The van der Waals surface area contributed by atoms with E-state index >= 15 is 0 Å². The number of H-pyrrole nitrogens is 1. The molecule has 158 valence electrons. The minimum Gasteiger partial charge on any atom is -0.325 e. The zero-order valence-corrected chi connectivity index (χ0v) is 16.5. The smallest absolute Gasteiger partial charge is 0.325 e. The number of hydrogen-bond donors (Lipinski definition) is 2. The highest BCUT2D eigenvalue weighted by Gasteiger charge is 2.33. The molecule has 0 radical (unpaired) electrons. The Labute approximate surface area is 178 Å². The molecule has 0 fully saturated rings. The van der Waals surface area contributed by atoms with Crippen LogP contribution in [-0.4, -0.2) is 20.7 Å². The van der Waals surface area contributed by atoms with Crippen LogP contribution in [0.15, 0.2) is 65.7 Å². The summed E-state index contributed by atoms with van der Waals surface area (Å²) in [5, 5.41) is 9.70. The highest BCUT2D eigenvalue weighted by molar-refractivity contribution is 6.31. The summed E-state index contributed by atoms with van der Waals surface area (Å²) in [4.78, 5) is 25.3. The van der Waals surface area contributed by atoms with Crippen molar-refractivity contribution in [2.75, 3.05) is 5.32 Å². The van der Waals surface area contributed by atoms with E-state index in [0.29, 0.717) is 22.3 Å². The molecule has 2 aromatic heterocycles. The molecule has 4 aromatic rings. The summed E-state index contributed by atoms with van der Waals surface area (Å²) in [5.74, 6) is -0.107. The van der Waals surface area contributed by atoms with Gasteiger partial charge in [-0.2, -0.15) is 18.3 Å². The van der Waals surface area contributed by atoms with Gasteiger partial charge in [0.15, 0.2) is 5.82 Å². The summed E-state index contributed by atoms with van der Waals surface area (Å²) in [6, 6.07) is 11.5. The standard InChI is InChI=1S/C21H14ClF3N4O2/c22-16-5-4-12(10-15(16)21(23,24)25)11-19(30)27-17-3-1-2-14-13(17)7-9-29(20(14)31)18-6-8-26-28-18/h1-10H,11H2,(H,26,28)(H,27,30). The Bertz CT molecular complexity index is 1330. The zero-order valence-electron chi connectivity index (χ0n) is 15.7. The molecule has 0 atom stereocenters. The molecule has 0 spiro atoms. The number of rotatable bonds is 4. The van der Waals surface area contributed by atoms with E-state index in [2.05, 4.69) is 15.5 Å². The zero-order chi connectivity index (χ0) is 22.2. The van der Waals surface area contributed by atoms with Crippen LogP contribution in [-0.2, 0) is 17.4 Å². The van der Waals surface area contributed by atoms with Crippen LogP contribution in [0.25, 0.3) is 16.6 Å². The Hall–Kier alpha value is -3.59. The van der Waals surface area contributed by atoms with Gasteiger partial charge in [0.25, 0.3) is 5.56 Å². The molecule has 0 unspecified atom stereocenters. The summed E-state index contributed by atoms with van der Waals surface area (Å²) in [6.45, 7) is 0. The number of anilines is 1. The van der Waals surface area contributed by atoms with Gasteiger partial charge in [-0.1, -0.05) is 23.7 Å². The summed E-state index contributed by atoms with van der Waals surface area (Å²) < 4.78 is 40.5. The first kappa shape index (κ1) is 20.7. The molecule has 0 aliphatic heterocycles. The van der Waals surface area contributed by atoms with Crippen LogP contribution in [0, 0.1) is 0 Å². The summed E-state index contributed by atoms with van der Waals surface area (Å²) in [7, 11) is 0. The van der Waals surface area contributed by atoms with Gasteiger partial charge < -0.3 is 5.32 Å². The fourth-order valence-corrected chi connectivity index (χ4v) is 3.46. The number of carbonyl (C=O) groups is 1. The topological polar surface area (TPSA) is 79.8 Å². The Morgan fingerprint density at radius 2 is 1.94 bits per heavy atom. The number of carbonyl (C=O) groups excluding carboxylic acids is 1. The number of aromatic amines is 1. The van der Waals surface area contributed by atoms with Crippen LogP contribution in [0.2, 0.25) is 5.02 Å². The van der Waals surface area contributed by atoms with Gasteiger partial charge in [-0.15, -0.1) is 0 Å². The van der Waals surface area contributed by atoms with Crippen molar-refractivity contribution in [2.45, 2.75) is 12.6 Å². The van der Waals surface area contributed by atoms with Crippen LogP contribution in [0.1, 0.15) is 11.1 Å². The summed E-state index contributed by atoms with van der Waals surface area (Å²) >= 11 is 5.62. The normalized spacial score (nSPS) is 11.6. The summed E-state index contributed by atoms with van der Waals surface area (Å²) in [5.41, 5.74) is -0.786. The Kier molecular flexibility index (Phi) is 5.28. The van der Waals surface area contributed by atoms with E-state index in [1.807, 2.05) is 0 Å². The maximum atomic E-state index is 13.0. The fourth-order valence-electron chi connectivity index (χ4n) is 3.23. The van der Waals surface area contributed by atoms with Crippen molar-refractivity contribution >= 4 is 34.0 Å². The van der Waals surface area contributed by atoms with E-state index in [1.165, 1.54) is 16.8 Å². The number of benzene rings is 2. The van der Waals surface area contributed by atoms with Gasteiger partial charge >= 0.3 is 6.18 Å². The predicted molar refractivity (Wildman–Crippen MR) is 110 cm³/mol. The molecule has 31 heavy (non-hydrogen) atoms. The summed E-state index contributed by atoms with van der Waals surface area (Å²) in [6.07, 6.45) is -1.79. The number of nitrogens with one attached hydrogen (secondary N) is 2. The number of pyridine rings is 1. The van der Waals surface area contributed by atoms with E-state index < -0.39 is 22.7 Å². The van der Waals surface area contributed by atoms with Crippen LogP contribution in [0.4, 0.5) is 18.9 Å². The second-order valence-electron chi connectivity index (χ2n) is 6.73. The van der Waals surface area contributed by atoms with Gasteiger partial charge in [-0.05, 0) is 35.9 Å². The van der Waals surface area contributed by atoms with Gasteiger partial charge in [0.05, 0.1) is 17.0 Å². The average molecular weight is 447 g/mol. The molecular formula is C21H14ClF3N4O2. The van der Waals surface area contributed by atoms with Crippen molar-refractivity contribution in [1.82, 2.24) is 14.8 Å². The third-order valence-electron chi connectivity index (χ3n) is 4.65. The monoisotopic (exact) mass is 446 g/mol. The number of halogens is 4. The SMILES string of the molecule is O=C(Cc1ccc(Cl)c(C(F)(F)F)c1)Nc1cccc2c(=O)n(-c3cc[nH]n3)ccc12. The van der Waals surface area contributed by atoms with Gasteiger partial charge in [0, 0.05) is 34.9 Å². The predicted octanol–water partition coefficient (Wildman–Crippen LogP) is 4.57. The lowest BCUT2D eigenvalue weighted by atomic mass is 10.1. The molecule has 2 heterocycles. The maximum Gasteiger partial charge on any atom is 0.417 e. The molecule has 0 saturated heterocycles. The van der Waals surface area contributed by atoms with Crippen LogP contribution < -0.4 is 10.9 Å². The third-order valence-corrected chi connectivity index (χ3v) is 4.98. The maximum absolute atomic E-state index is 13.0.